The van der Waals surface area contributed by atoms with Gasteiger partial charge in [0, 0.05) is 37.4 Å². The van der Waals surface area contributed by atoms with Crippen molar-refractivity contribution in [2.75, 3.05) is 0 Å². The van der Waals surface area contributed by atoms with E-state index in [0.717, 1.165) is 11.4 Å². The zero-order chi connectivity index (χ0) is 16.4. The number of aromatic nitrogens is 4. The largest absolute Gasteiger partial charge is 0.393 e. The zero-order valence-corrected chi connectivity index (χ0v) is 12.5. The number of nitrogens with zero attached hydrogens (tertiary/aromatic N) is 4. The lowest BCUT2D eigenvalue weighted by molar-refractivity contribution is -0.127. The molecule has 0 unspecified atom stereocenters. The van der Waals surface area contributed by atoms with E-state index in [4.69, 9.17) is 0 Å². The van der Waals surface area contributed by atoms with Crippen LogP contribution >= 0.6 is 0 Å². The zero-order valence-electron chi connectivity index (χ0n) is 12.5. The molecule has 3 rings (SSSR count). The molecule has 120 valence electrons. The maximum Gasteiger partial charge on any atom is 0.393 e. The highest BCUT2D eigenvalue weighted by molar-refractivity contribution is 5.56. The maximum absolute atomic E-state index is 12.4. The van der Waals surface area contributed by atoms with E-state index in [-0.39, 0.29) is 5.56 Å². The Labute approximate surface area is 131 Å². The fraction of sp³-hybridized carbons (Fsp3) is 0.250. The molecule has 0 atom stereocenters. The van der Waals surface area contributed by atoms with Crippen LogP contribution in [-0.2, 0) is 20.0 Å². The van der Waals surface area contributed by atoms with Crippen LogP contribution in [0.15, 0.2) is 49.1 Å². The first-order valence-corrected chi connectivity index (χ1v) is 7.06. The average Bonchev–Trinajstić information content (AvgIpc) is 3.09. The number of aryl methyl sites for hydroxylation is 1. The lowest BCUT2D eigenvalue weighted by Gasteiger charge is -2.10. The van der Waals surface area contributed by atoms with E-state index in [9.17, 15) is 13.2 Å². The third-order valence-electron chi connectivity index (χ3n) is 3.56. The molecule has 23 heavy (non-hydrogen) atoms. The van der Waals surface area contributed by atoms with Gasteiger partial charge in [0.05, 0.1) is 13.0 Å². The SMILES string of the molecule is Cn1ccnc1Cn1ccnc1-c1ccc(CC(F)(F)F)cc1. The van der Waals surface area contributed by atoms with Crippen molar-refractivity contribution < 1.29 is 13.2 Å². The Morgan fingerprint density at radius 3 is 2.30 bits per heavy atom. The van der Waals surface area contributed by atoms with E-state index in [0.29, 0.717) is 12.4 Å². The molecule has 0 aliphatic carbocycles. The van der Waals surface area contributed by atoms with E-state index in [1.807, 2.05) is 28.6 Å². The molecule has 4 nitrogen and oxygen atoms in total. The summed E-state index contributed by atoms with van der Waals surface area (Å²) in [5.41, 5.74) is 1.01. The molecule has 7 heteroatoms. The molecule has 2 heterocycles. The van der Waals surface area contributed by atoms with Crippen molar-refractivity contribution in [2.24, 2.45) is 7.05 Å². The molecular weight excluding hydrogens is 305 g/mol. The summed E-state index contributed by atoms with van der Waals surface area (Å²) in [6.45, 7) is 0.545. The first kappa shape index (κ1) is 15.3. The molecule has 3 aromatic rings. The van der Waals surface area contributed by atoms with Crippen LogP contribution in [0.2, 0.25) is 0 Å². The summed E-state index contributed by atoms with van der Waals surface area (Å²) in [6.07, 6.45) is 1.96. The summed E-state index contributed by atoms with van der Waals surface area (Å²) in [6, 6.07) is 6.31. The second-order valence-corrected chi connectivity index (χ2v) is 5.32. The molecule has 0 saturated carbocycles. The Morgan fingerprint density at radius 1 is 1.00 bits per heavy atom. The molecule has 0 aliphatic heterocycles. The smallest absolute Gasteiger partial charge is 0.337 e. The van der Waals surface area contributed by atoms with Crippen LogP contribution in [0.4, 0.5) is 13.2 Å². The van der Waals surface area contributed by atoms with Crippen molar-refractivity contribution in [1.82, 2.24) is 19.1 Å². The summed E-state index contributed by atoms with van der Waals surface area (Å²) in [5, 5.41) is 0. The predicted molar refractivity (Wildman–Crippen MR) is 79.7 cm³/mol. The van der Waals surface area contributed by atoms with Crippen LogP contribution in [0.3, 0.4) is 0 Å². The quantitative estimate of drug-likeness (QED) is 0.738. The number of alkyl halides is 3. The van der Waals surface area contributed by atoms with E-state index >= 15 is 0 Å². The van der Waals surface area contributed by atoms with E-state index in [1.54, 1.807) is 24.5 Å². The van der Waals surface area contributed by atoms with E-state index < -0.39 is 12.6 Å². The van der Waals surface area contributed by atoms with Gasteiger partial charge in [0.25, 0.3) is 0 Å². The first-order chi connectivity index (χ1) is 10.9. The highest BCUT2D eigenvalue weighted by atomic mass is 19.4. The van der Waals surface area contributed by atoms with E-state index in [2.05, 4.69) is 9.97 Å². The molecule has 0 radical (unpaired) electrons. The van der Waals surface area contributed by atoms with Gasteiger partial charge in [0.1, 0.15) is 11.6 Å². The number of imidazole rings is 2. The highest BCUT2D eigenvalue weighted by Gasteiger charge is 2.27. The van der Waals surface area contributed by atoms with Gasteiger partial charge in [-0.1, -0.05) is 24.3 Å². The Morgan fingerprint density at radius 2 is 1.70 bits per heavy atom. The number of hydrogen-bond donors (Lipinski definition) is 0. The van der Waals surface area contributed by atoms with Gasteiger partial charge < -0.3 is 9.13 Å². The second-order valence-electron chi connectivity index (χ2n) is 5.32. The van der Waals surface area contributed by atoms with Gasteiger partial charge in [-0.15, -0.1) is 0 Å². The number of rotatable bonds is 4. The summed E-state index contributed by atoms with van der Waals surface area (Å²) < 4.78 is 41.0. The van der Waals surface area contributed by atoms with Crippen molar-refractivity contribution in [3.8, 4) is 11.4 Å². The number of benzene rings is 1. The van der Waals surface area contributed by atoms with Crippen molar-refractivity contribution in [1.29, 1.82) is 0 Å². The van der Waals surface area contributed by atoms with Gasteiger partial charge in [-0.05, 0) is 5.56 Å². The molecule has 1 aromatic carbocycles. The minimum absolute atomic E-state index is 0.239. The lowest BCUT2D eigenvalue weighted by atomic mass is 10.1. The molecule has 0 bridgehead atoms. The van der Waals surface area contributed by atoms with Crippen molar-refractivity contribution >= 4 is 0 Å². The second kappa shape index (κ2) is 5.91. The predicted octanol–water partition coefficient (Wildman–Crippen LogP) is 3.44. The van der Waals surface area contributed by atoms with E-state index in [1.165, 1.54) is 12.1 Å². The average molecular weight is 320 g/mol. The number of halogens is 3. The van der Waals surface area contributed by atoms with Crippen molar-refractivity contribution in [3.05, 3.63) is 60.4 Å². The fourth-order valence-electron chi connectivity index (χ4n) is 2.40. The van der Waals surface area contributed by atoms with Gasteiger partial charge >= 0.3 is 6.18 Å². The standard InChI is InChI=1S/C16H15F3N4/c1-22-8-6-20-14(22)11-23-9-7-21-15(23)13-4-2-12(3-5-13)10-16(17,18)19/h2-9H,10-11H2,1H3. The third kappa shape index (κ3) is 3.61. The molecular formula is C16H15F3N4. The molecule has 0 spiro atoms. The van der Waals surface area contributed by atoms with Crippen LogP contribution in [0.1, 0.15) is 11.4 Å². The summed E-state index contributed by atoms with van der Waals surface area (Å²) in [7, 11) is 1.91. The Bertz CT molecular complexity index is 784. The van der Waals surface area contributed by atoms with Crippen LogP contribution in [-0.4, -0.2) is 25.3 Å². The molecule has 0 saturated heterocycles. The van der Waals surface area contributed by atoms with Gasteiger partial charge in [-0.3, -0.25) is 0 Å². The van der Waals surface area contributed by atoms with Crippen LogP contribution in [0.5, 0.6) is 0 Å². The number of hydrogen-bond acceptors (Lipinski definition) is 2. The van der Waals surface area contributed by atoms with Gasteiger partial charge in [0.15, 0.2) is 0 Å². The van der Waals surface area contributed by atoms with Gasteiger partial charge in [-0.2, -0.15) is 13.2 Å². The monoisotopic (exact) mass is 320 g/mol. The first-order valence-electron chi connectivity index (χ1n) is 7.06. The van der Waals surface area contributed by atoms with Crippen LogP contribution < -0.4 is 0 Å². The normalized spacial score (nSPS) is 11.8. The fourth-order valence-corrected chi connectivity index (χ4v) is 2.40. The van der Waals surface area contributed by atoms with Gasteiger partial charge in [0.2, 0.25) is 0 Å². The van der Waals surface area contributed by atoms with Crippen molar-refractivity contribution in [2.45, 2.75) is 19.1 Å². The highest BCUT2D eigenvalue weighted by Crippen LogP contribution is 2.24. The molecule has 0 fully saturated rings. The lowest BCUT2D eigenvalue weighted by Crippen LogP contribution is -2.11. The Hall–Kier alpha value is -2.57. The summed E-state index contributed by atoms with van der Waals surface area (Å²) >= 11 is 0. The minimum atomic E-state index is -4.20. The van der Waals surface area contributed by atoms with Gasteiger partial charge in [-0.25, -0.2) is 9.97 Å². The van der Waals surface area contributed by atoms with Crippen molar-refractivity contribution in [3.63, 3.8) is 0 Å². The summed E-state index contributed by atoms with van der Waals surface area (Å²) in [4.78, 5) is 8.57. The third-order valence-corrected chi connectivity index (χ3v) is 3.56. The summed E-state index contributed by atoms with van der Waals surface area (Å²) in [5.74, 6) is 1.57. The minimum Gasteiger partial charge on any atom is -0.337 e. The Balaban J connectivity index is 1.83. The topological polar surface area (TPSA) is 35.6 Å². The molecule has 0 N–H and O–H groups in total. The molecule has 0 amide bonds. The maximum atomic E-state index is 12.4. The Kier molecular flexibility index (Phi) is 3.94. The van der Waals surface area contributed by atoms with Crippen LogP contribution in [0.25, 0.3) is 11.4 Å². The van der Waals surface area contributed by atoms with Crippen LogP contribution in [0, 0.1) is 0 Å². The molecule has 2 aromatic heterocycles. The molecule has 0 aliphatic rings.